The van der Waals surface area contributed by atoms with Crippen LogP contribution in [0, 0.1) is 11.8 Å². The number of anilines is 1. The fourth-order valence-electron chi connectivity index (χ4n) is 6.09. The summed E-state index contributed by atoms with van der Waals surface area (Å²) in [6.45, 7) is 8.94. The van der Waals surface area contributed by atoms with E-state index >= 15 is 0 Å². The summed E-state index contributed by atoms with van der Waals surface area (Å²) in [6, 6.07) is 3.99. The van der Waals surface area contributed by atoms with Crippen molar-refractivity contribution in [3.8, 4) is 22.8 Å². The topological polar surface area (TPSA) is 115 Å². The lowest BCUT2D eigenvalue weighted by atomic mass is 9.83. The maximum Gasteiger partial charge on any atom is 0.439 e. The second-order valence-corrected chi connectivity index (χ2v) is 12.0. The van der Waals surface area contributed by atoms with Gasteiger partial charge in [0.25, 0.3) is 0 Å². The molecule has 11 heteroatoms. The third-order valence-electron chi connectivity index (χ3n) is 8.20. The van der Waals surface area contributed by atoms with Crippen LogP contribution in [0.25, 0.3) is 33.8 Å². The van der Waals surface area contributed by atoms with Crippen molar-refractivity contribution < 1.29 is 9.26 Å². The third-order valence-corrected chi connectivity index (χ3v) is 8.40. The molecule has 1 atom stereocenters. The van der Waals surface area contributed by atoms with Gasteiger partial charge in [-0.15, -0.1) is 0 Å². The molecule has 0 amide bonds. The molecule has 4 aromatic heterocycles. The highest BCUT2D eigenvalue weighted by Gasteiger charge is 2.32. The first-order valence-corrected chi connectivity index (χ1v) is 14.7. The first-order chi connectivity index (χ1) is 19.4. The van der Waals surface area contributed by atoms with Gasteiger partial charge in [-0.2, -0.15) is 0 Å². The van der Waals surface area contributed by atoms with Crippen LogP contribution in [0.3, 0.4) is 0 Å². The Morgan fingerprint density at radius 2 is 1.98 bits per heavy atom. The van der Waals surface area contributed by atoms with Gasteiger partial charge in [0.2, 0.25) is 11.8 Å². The summed E-state index contributed by atoms with van der Waals surface area (Å²) >= 11 is 6.39. The number of aromatic nitrogens is 6. The molecule has 1 unspecified atom stereocenters. The van der Waals surface area contributed by atoms with Crippen LogP contribution in [0.1, 0.15) is 59.3 Å². The Kier molecular flexibility index (Phi) is 7.63. The summed E-state index contributed by atoms with van der Waals surface area (Å²) in [5.74, 6) is 1.88. The number of rotatable bonds is 8. The second-order valence-electron chi connectivity index (χ2n) is 11.6. The number of nitrogens with zero attached hydrogens (tertiary/aromatic N) is 6. The monoisotopic (exact) mass is 565 g/mol. The zero-order valence-corrected chi connectivity index (χ0v) is 24.0. The number of fused-ring (bicyclic) bond motifs is 1. The van der Waals surface area contributed by atoms with Crippen molar-refractivity contribution in [2.45, 2.75) is 78.0 Å². The summed E-state index contributed by atoms with van der Waals surface area (Å²) in [4.78, 5) is 31.4. The van der Waals surface area contributed by atoms with Crippen LogP contribution in [-0.2, 0) is 11.3 Å². The lowest BCUT2D eigenvalue weighted by Crippen LogP contribution is -2.36. The van der Waals surface area contributed by atoms with E-state index in [4.69, 9.17) is 30.8 Å². The van der Waals surface area contributed by atoms with Crippen molar-refractivity contribution >= 4 is 28.6 Å². The largest absolute Gasteiger partial charge is 0.439 e. The Labute approximate surface area is 238 Å². The Morgan fingerprint density at radius 3 is 2.70 bits per heavy atom. The van der Waals surface area contributed by atoms with Gasteiger partial charge >= 0.3 is 5.76 Å². The van der Waals surface area contributed by atoms with Gasteiger partial charge in [-0.25, -0.2) is 14.8 Å². The molecule has 1 N–H and O–H groups in total. The van der Waals surface area contributed by atoms with Gasteiger partial charge in [0.05, 0.1) is 40.5 Å². The Bertz CT molecular complexity index is 1540. The first-order valence-electron chi connectivity index (χ1n) is 14.3. The molecule has 4 aromatic rings. The molecule has 10 nitrogen and oxygen atoms in total. The molecule has 1 saturated carbocycles. The number of hydrogen-bond acceptors (Lipinski definition) is 8. The Morgan fingerprint density at radius 1 is 1.15 bits per heavy atom. The van der Waals surface area contributed by atoms with E-state index in [1.807, 2.05) is 12.1 Å². The lowest BCUT2D eigenvalue weighted by Gasteiger charge is -2.30. The van der Waals surface area contributed by atoms with E-state index in [0.717, 1.165) is 54.4 Å². The zero-order chi connectivity index (χ0) is 27.8. The molecule has 6 rings (SSSR count). The molecule has 0 aromatic carbocycles. The first kappa shape index (κ1) is 27.0. The summed E-state index contributed by atoms with van der Waals surface area (Å²) in [5.41, 5.74) is 3.65. The molecule has 2 aliphatic rings. The maximum atomic E-state index is 11.8. The summed E-state index contributed by atoms with van der Waals surface area (Å²) < 4.78 is 13.2. The van der Waals surface area contributed by atoms with Crippen LogP contribution in [-0.4, -0.2) is 55.0 Å². The fraction of sp³-hybridized carbons (Fsp3) is 0.552. The van der Waals surface area contributed by atoms with Crippen molar-refractivity contribution in [3.63, 3.8) is 0 Å². The molecular formula is C29H36ClN7O3. The molecule has 1 aliphatic carbocycles. The predicted octanol–water partition coefficient (Wildman–Crippen LogP) is 5.71. The summed E-state index contributed by atoms with van der Waals surface area (Å²) in [6.07, 6.45) is 10.6. The zero-order valence-electron chi connectivity index (χ0n) is 23.3. The minimum absolute atomic E-state index is 0.170. The van der Waals surface area contributed by atoms with E-state index in [0.29, 0.717) is 28.9 Å². The third kappa shape index (κ3) is 5.51. The van der Waals surface area contributed by atoms with Crippen molar-refractivity contribution in [1.29, 1.82) is 0 Å². The van der Waals surface area contributed by atoms with Gasteiger partial charge in [-0.1, -0.05) is 36.5 Å². The molecule has 1 aliphatic heterocycles. The number of aromatic amines is 1. The highest BCUT2D eigenvalue weighted by molar-refractivity contribution is 6.30. The van der Waals surface area contributed by atoms with Crippen LogP contribution in [0.4, 0.5) is 5.95 Å². The molecule has 2 fully saturated rings. The molecule has 212 valence electrons. The van der Waals surface area contributed by atoms with Crippen molar-refractivity contribution in [3.05, 3.63) is 40.1 Å². The number of nitrogens with one attached hydrogen (secondary N) is 1. The van der Waals surface area contributed by atoms with Crippen LogP contribution in [0.2, 0.25) is 5.02 Å². The Hall–Kier alpha value is -3.24. The van der Waals surface area contributed by atoms with Crippen LogP contribution in [0.15, 0.2) is 33.8 Å². The van der Waals surface area contributed by atoms with Crippen molar-refractivity contribution in [1.82, 2.24) is 29.7 Å². The molecule has 40 heavy (non-hydrogen) atoms. The van der Waals surface area contributed by atoms with E-state index in [1.54, 1.807) is 12.4 Å². The minimum Gasteiger partial charge on any atom is -0.377 e. The summed E-state index contributed by atoms with van der Waals surface area (Å²) in [5, 5.41) is 4.42. The van der Waals surface area contributed by atoms with E-state index < -0.39 is 5.76 Å². The molecular weight excluding hydrogens is 530 g/mol. The summed E-state index contributed by atoms with van der Waals surface area (Å²) in [7, 11) is 0. The molecule has 0 radical (unpaired) electrons. The van der Waals surface area contributed by atoms with E-state index in [9.17, 15) is 4.79 Å². The second kappa shape index (κ2) is 11.3. The van der Waals surface area contributed by atoms with Crippen LogP contribution in [0.5, 0.6) is 0 Å². The lowest BCUT2D eigenvalue weighted by molar-refractivity contribution is 0.0687. The fourth-order valence-corrected chi connectivity index (χ4v) is 6.26. The number of halogens is 1. The molecule has 0 bridgehead atoms. The number of imidazole rings is 1. The highest BCUT2D eigenvalue weighted by Crippen LogP contribution is 2.38. The van der Waals surface area contributed by atoms with E-state index in [1.165, 1.54) is 25.7 Å². The van der Waals surface area contributed by atoms with Gasteiger partial charge in [-0.3, -0.25) is 14.5 Å². The normalized spacial score (nSPS) is 21.6. The van der Waals surface area contributed by atoms with Gasteiger partial charge < -0.3 is 14.2 Å². The average Bonchev–Trinajstić information content (AvgIpc) is 3.67. The van der Waals surface area contributed by atoms with Gasteiger partial charge in [0.1, 0.15) is 5.69 Å². The van der Waals surface area contributed by atoms with E-state index in [-0.39, 0.29) is 18.0 Å². The minimum atomic E-state index is -0.634. The molecule has 0 spiro atoms. The van der Waals surface area contributed by atoms with Gasteiger partial charge in [0, 0.05) is 31.0 Å². The standard InChI is InChI=1S/C29H36ClN7O3/c1-17(2)39-16-22-5-4-10-36(22)28-33-23-12-24(27-34-29(38)40-35-27)32-25(20-11-21(30)14-31-13-20)26(23)37(28)15-19-8-6-18(3)7-9-19/h11-14,17-19,22H,4-10,15-16H2,1-3H3,(H,34,35,38)/t18-,19-,22?. The number of pyridine rings is 2. The Balaban J connectivity index is 1.54. The number of ether oxygens (including phenoxy) is 1. The SMILES string of the molecule is CC(C)OCC1CCCN1c1nc2cc(-c3noc(=O)[nH]3)nc(-c3cncc(Cl)c3)c2n1C[C@H]1CC[C@H](C)CC1. The van der Waals surface area contributed by atoms with E-state index in [2.05, 4.69) is 45.4 Å². The van der Waals surface area contributed by atoms with Crippen LogP contribution >= 0.6 is 11.6 Å². The quantitative estimate of drug-likeness (QED) is 0.289. The smallest absolute Gasteiger partial charge is 0.377 e. The maximum absolute atomic E-state index is 11.8. The van der Waals surface area contributed by atoms with Crippen molar-refractivity contribution in [2.24, 2.45) is 11.8 Å². The van der Waals surface area contributed by atoms with Gasteiger partial charge in [-0.05, 0) is 63.5 Å². The number of H-pyrrole nitrogens is 1. The average molecular weight is 566 g/mol. The molecule has 5 heterocycles. The number of hydrogen-bond donors (Lipinski definition) is 1. The van der Waals surface area contributed by atoms with Gasteiger partial charge in [0.15, 0.2) is 0 Å². The predicted molar refractivity (Wildman–Crippen MR) is 154 cm³/mol. The highest BCUT2D eigenvalue weighted by atomic mass is 35.5. The van der Waals surface area contributed by atoms with Crippen LogP contribution < -0.4 is 10.7 Å². The van der Waals surface area contributed by atoms with Crippen molar-refractivity contribution in [2.75, 3.05) is 18.1 Å². The molecule has 1 saturated heterocycles.